The Labute approximate surface area is 163 Å². The summed E-state index contributed by atoms with van der Waals surface area (Å²) < 4.78 is 5.18. The van der Waals surface area contributed by atoms with Crippen LogP contribution in [0, 0.1) is 0 Å². The molecule has 0 saturated heterocycles. The predicted octanol–water partition coefficient (Wildman–Crippen LogP) is 5.69. The minimum Gasteiger partial charge on any atom is -0.495 e. The van der Waals surface area contributed by atoms with Gasteiger partial charge in [0.1, 0.15) is 10.8 Å². The van der Waals surface area contributed by atoms with Crippen LogP contribution in [0.25, 0.3) is 10.6 Å². The summed E-state index contributed by atoms with van der Waals surface area (Å²) in [5, 5.41) is 14.1. The number of hydrogen-bond acceptors (Lipinski definition) is 5. The molecule has 0 fully saturated rings. The number of benzene rings is 2. The van der Waals surface area contributed by atoms with Crippen LogP contribution in [0.5, 0.6) is 5.75 Å². The highest BCUT2D eigenvalue weighted by atomic mass is 35.5. The molecule has 1 aromatic heterocycles. The summed E-state index contributed by atoms with van der Waals surface area (Å²) in [6.45, 7) is 0.910. The van der Waals surface area contributed by atoms with Gasteiger partial charge in [-0.25, -0.2) is 0 Å². The van der Waals surface area contributed by atoms with Gasteiger partial charge in [0, 0.05) is 12.1 Å². The number of hydrogen-bond donors (Lipinski definition) is 1. The summed E-state index contributed by atoms with van der Waals surface area (Å²) in [5.41, 5.74) is 2.36. The molecule has 0 bridgehead atoms. The van der Waals surface area contributed by atoms with Gasteiger partial charge < -0.3 is 10.1 Å². The number of unbranched alkanes of at least 4 members (excludes halogenated alkanes) is 2. The van der Waals surface area contributed by atoms with E-state index in [4.69, 9.17) is 16.3 Å². The number of rotatable bonds is 9. The first-order chi connectivity index (χ1) is 12.8. The first kappa shape index (κ1) is 18.7. The van der Waals surface area contributed by atoms with E-state index < -0.39 is 0 Å². The standard InChI is InChI=1S/C20H22ClN3OS/c1-25-18-12-11-16(14-17(18)21)19-23-24-20(26-19)22-13-7-3-6-10-15-8-4-2-5-9-15/h2,4-5,8-9,11-12,14H,3,6-7,10,13H2,1H3,(H,22,24). The van der Waals surface area contributed by atoms with E-state index >= 15 is 0 Å². The third-order valence-corrected chi connectivity index (χ3v) is 5.31. The Balaban J connectivity index is 1.42. The predicted molar refractivity (Wildman–Crippen MR) is 109 cm³/mol. The topological polar surface area (TPSA) is 47.0 Å². The molecular weight excluding hydrogens is 366 g/mol. The van der Waals surface area contributed by atoms with Crippen molar-refractivity contribution < 1.29 is 4.74 Å². The zero-order valence-electron chi connectivity index (χ0n) is 14.7. The average molecular weight is 388 g/mol. The van der Waals surface area contributed by atoms with Crippen molar-refractivity contribution in [2.45, 2.75) is 25.7 Å². The summed E-state index contributed by atoms with van der Waals surface area (Å²) >= 11 is 7.71. The van der Waals surface area contributed by atoms with Crippen molar-refractivity contribution in [1.82, 2.24) is 10.2 Å². The largest absolute Gasteiger partial charge is 0.495 e. The van der Waals surface area contributed by atoms with E-state index in [2.05, 4.69) is 45.8 Å². The fourth-order valence-electron chi connectivity index (χ4n) is 2.68. The lowest BCUT2D eigenvalue weighted by atomic mass is 10.1. The molecule has 0 aliphatic carbocycles. The van der Waals surface area contributed by atoms with Crippen molar-refractivity contribution in [3.63, 3.8) is 0 Å². The van der Waals surface area contributed by atoms with Crippen LogP contribution in [0.4, 0.5) is 5.13 Å². The Bertz CT molecular complexity index is 823. The van der Waals surface area contributed by atoms with Crippen molar-refractivity contribution in [3.8, 4) is 16.3 Å². The Morgan fingerprint density at radius 1 is 1.04 bits per heavy atom. The second kappa shape index (κ2) is 9.55. The van der Waals surface area contributed by atoms with Crippen LogP contribution in [0.15, 0.2) is 48.5 Å². The molecule has 0 saturated carbocycles. The van der Waals surface area contributed by atoms with Gasteiger partial charge in [-0.05, 0) is 43.0 Å². The van der Waals surface area contributed by atoms with E-state index in [1.807, 2.05) is 18.2 Å². The van der Waals surface area contributed by atoms with Crippen LogP contribution in [0.1, 0.15) is 24.8 Å². The van der Waals surface area contributed by atoms with E-state index in [9.17, 15) is 0 Å². The fourth-order valence-corrected chi connectivity index (χ4v) is 3.70. The Hall–Kier alpha value is -2.11. The highest BCUT2D eigenvalue weighted by molar-refractivity contribution is 7.18. The van der Waals surface area contributed by atoms with Gasteiger partial charge in [-0.3, -0.25) is 0 Å². The van der Waals surface area contributed by atoms with Crippen molar-refractivity contribution >= 4 is 28.1 Å². The molecule has 2 aromatic carbocycles. The van der Waals surface area contributed by atoms with Crippen LogP contribution in [0.3, 0.4) is 0 Å². The first-order valence-corrected chi connectivity index (χ1v) is 9.91. The van der Waals surface area contributed by atoms with Crippen LogP contribution in [-0.4, -0.2) is 23.9 Å². The number of halogens is 1. The molecule has 1 N–H and O–H groups in total. The summed E-state index contributed by atoms with van der Waals surface area (Å²) in [6.07, 6.45) is 4.66. The van der Waals surface area contributed by atoms with Crippen LogP contribution in [-0.2, 0) is 6.42 Å². The molecule has 3 rings (SSSR count). The van der Waals surface area contributed by atoms with Crippen LogP contribution >= 0.6 is 22.9 Å². The number of methoxy groups -OCH3 is 1. The number of nitrogens with one attached hydrogen (secondary N) is 1. The van der Waals surface area contributed by atoms with Crippen LogP contribution in [0.2, 0.25) is 5.02 Å². The molecular formula is C20H22ClN3OS. The molecule has 0 unspecified atom stereocenters. The van der Waals surface area contributed by atoms with E-state index in [0.29, 0.717) is 10.8 Å². The maximum atomic E-state index is 6.18. The second-order valence-corrected chi connectivity index (χ2v) is 7.37. The van der Waals surface area contributed by atoms with E-state index in [0.717, 1.165) is 35.1 Å². The zero-order valence-corrected chi connectivity index (χ0v) is 16.3. The number of nitrogens with zero attached hydrogens (tertiary/aromatic N) is 2. The molecule has 0 aliphatic heterocycles. The van der Waals surface area contributed by atoms with Gasteiger partial charge in [0.2, 0.25) is 5.13 Å². The van der Waals surface area contributed by atoms with E-state index in [1.165, 1.54) is 29.7 Å². The van der Waals surface area contributed by atoms with Crippen LogP contribution < -0.4 is 10.1 Å². The molecule has 1 heterocycles. The van der Waals surface area contributed by atoms with Crippen molar-refractivity contribution in [2.24, 2.45) is 0 Å². The smallest absolute Gasteiger partial charge is 0.206 e. The maximum Gasteiger partial charge on any atom is 0.206 e. The lowest BCUT2D eigenvalue weighted by Gasteiger charge is -2.04. The van der Waals surface area contributed by atoms with Gasteiger partial charge in [0.05, 0.1) is 12.1 Å². The lowest BCUT2D eigenvalue weighted by Crippen LogP contribution is -2.01. The van der Waals surface area contributed by atoms with E-state index in [-0.39, 0.29) is 0 Å². The molecule has 3 aromatic rings. The monoisotopic (exact) mass is 387 g/mol. The Kier molecular flexibility index (Phi) is 6.86. The highest BCUT2D eigenvalue weighted by Crippen LogP contribution is 2.32. The molecule has 0 radical (unpaired) electrons. The molecule has 4 nitrogen and oxygen atoms in total. The minimum absolute atomic E-state index is 0.577. The van der Waals surface area contributed by atoms with Gasteiger partial charge in [-0.2, -0.15) is 0 Å². The SMILES string of the molecule is COc1ccc(-c2nnc(NCCCCCc3ccccc3)s2)cc1Cl. The molecule has 0 spiro atoms. The van der Waals surface area contributed by atoms with Gasteiger partial charge in [-0.1, -0.05) is 59.7 Å². The summed E-state index contributed by atoms with van der Waals surface area (Å²) in [5.74, 6) is 0.661. The number of ether oxygens (including phenoxy) is 1. The van der Waals surface area contributed by atoms with E-state index in [1.54, 1.807) is 7.11 Å². The minimum atomic E-state index is 0.577. The summed E-state index contributed by atoms with van der Waals surface area (Å²) in [4.78, 5) is 0. The normalized spacial score (nSPS) is 10.7. The lowest BCUT2D eigenvalue weighted by molar-refractivity contribution is 0.415. The Morgan fingerprint density at radius 2 is 1.88 bits per heavy atom. The van der Waals surface area contributed by atoms with Crippen molar-refractivity contribution in [3.05, 3.63) is 59.1 Å². The van der Waals surface area contributed by atoms with Crippen molar-refractivity contribution in [2.75, 3.05) is 19.0 Å². The molecule has 0 amide bonds. The van der Waals surface area contributed by atoms with Gasteiger partial charge in [0.25, 0.3) is 0 Å². The highest BCUT2D eigenvalue weighted by Gasteiger charge is 2.09. The molecule has 0 aliphatic rings. The molecule has 0 atom stereocenters. The number of aromatic nitrogens is 2. The zero-order chi connectivity index (χ0) is 18.2. The quantitative estimate of drug-likeness (QED) is 0.479. The third-order valence-electron chi connectivity index (χ3n) is 4.09. The van der Waals surface area contributed by atoms with Gasteiger partial charge in [0.15, 0.2) is 0 Å². The first-order valence-electron chi connectivity index (χ1n) is 8.71. The fraction of sp³-hybridized carbons (Fsp3) is 0.300. The van der Waals surface area contributed by atoms with Gasteiger partial charge in [-0.15, -0.1) is 10.2 Å². The number of anilines is 1. The maximum absolute atomic E-state index is 6.18. The summed E-state index contributed by atoms with van der Waals surface area (Å²) in [7, 11) is 1.60. The van der Waals surface area contributed by atoms with Gasteiger partial charge >= 0.3 is 0 Å². The third kappa shape index (κ3) is 5.19. The second-order valence-electron chi connectivity index (χ2n) is 5.98. The summed E-state index contributed by atoms with van der Waals surface area (Å²) in [6, 6.07) is 16.3. The Morgan fingerprint density at radius 3 is 2.65 bits per heavy atom. The number of aryl methyl sites for hydroxylation is 1. The molecule has 6 heteroatoms. The molecule has 136 valence electrons. The van der Waals surface area contributed by atoms with Crippen molar-refractivity contribution in [1.29, 1.82) is 0 Å². The average Bonchev–Trinajstić information content (AvgIpc) is 3.14. The molecule has 26 heavy (non-hydrogen) atoms.